The SMILES string of the molecule is CC[C@H](C)[C@H]1CN(C)CC(=O)N(C)CC(=O)N(C)[C@@H](CC2CCCCC2)C(=O)N(C)CC(=O)N[C@@H](CCC2CCC(C(F)(F)F)C(Cl)C2)C(=O)N2CCC[C@H]2C(=O)NC2(CCCC2)C(=O)N(C)[C@@H](C2CCCCC2)C(=O)N(C)[C@H](C(=O)N2CCCCC2)CC(=O)N(C)[C@@H](CC2CCC2)C(=O)N1. The number of alkyl halides is 4. The van der Waals surface area contributed by atoms with E-state index in [1.54, 1.807) is 30.9 Å². The average Bonchev–Trinajstić information content (AvgIpc) is 1.75. The van der Waals surface area contributed by atoms with E-state index in [0.717, 1.165) is 89.9 Å². The minimum Gasteiger partial charge on any atom is -0.350 e. The van der Waals surface area contributed by atoms with Crippen LogP contribution < -0.4 is 16.0 Å². The molecule has 101 heavy (non-hydrogen) atoms. The largest absolute Gasteiger partial charge is 0.393 e. The lowest BCUT2D eigenvalue weighted by Gasteiger charge is -2.43. The summed E-state index contributed by atoms with van der Waals surface area (Å²) in [5.41, 5.74) is -1.52. The van der Waals surface area contributed by atoms with Crippen LogP contribution >= 0.6 is 11.6 Å². The maximum Gasteiger partial charge on any atom is 0.393 e. The Morgan fingerprint density at radius 1 is 0.574 bits per heavy atom. The summed E-state index contributed by atoms with van der Waals surface area (Å²) in [4.78, 5) is 179. The Hall–Kier alpha value is -5.79. The number of hydrogen-bond acceptors (Lipinski definition) is 12. The van der Waals surface area contributed by atoms with Crippen LogP contribution in [-0.4, -0.2) is 264 Å². The van der Waals surface area contributed by atoms with E-state index in [9.17, 15) is 32.3 Å². The number of likely N-dealkylation sites (tertiary alicyclic amines) is 1. The summed E-state index contributed by atoms with van der Waals surface area (Å²) in [6.07, 6.45) is 12.0. The van der Waals surface area contributed by atoms with Crippen molar-refractivity contribution in [2.45, 2.75) is 272 Å². The number of piperidine rings is 1. The molecule has 3 heterocycles. The van der Waals surface area contributed by atoms with Crippen molar-refractivity contribution in [3.8, 4) is 0 Å². The summed E-state index contributed by atoms with van der Waals surface area (Å²) in [6.45, 7) is 4.08. The van der Waals surface area contributed by atoms with Gasteiger partial charge in [-0.05, 0) is 139 Å². The third kappa shape index (κ3) is 20.8. The zero-order valence-electron chi connectivity index (χ0n) is 62.0. The highest BCUT2D eigenvalue weighted by atomic mass is 35.5. The Labute approximate surface area is 602 Å². The number of fused-ring (bicyclic) bond motifs is 1. The summed E-state index contributed by atoms with van der Waals surface area (Å²) < 4.78 is 42.1. The predicted octanol–water partition coefficient (Wildman–Crippen LogP) is 7.10. The molecule has 3 saturated heterocycles. The van der Waals surface area contributed by atoms with Crippen LogP contribution in [0.3, 0.4) is 0 Å². The molecule has 1 spiro atoms. The van der Waals surface area contributed by atoms with Gasteiger partial charge in [-0.3, -0.25) is 57.6 Å². The monoisotopic (exact) mass is 1440 g/mol. The van der Waals surface area contributed by atoms with E-state index in [4.69, 9.17) is 11.6 Å². The lowest BCUT2D eigenvalue weighted by Crippen LogP contribution is -2.65. The number of hydrogen-bond donors (Lipinski definition) is 3. The van der Waals surface area contributed by atoms with Gasteiger partial charge in [0.15, 0.2) is 0 Å². The Balaban J connectivity index is 1.15. The maximum atomic E-state index is 15.9. The molecule has 8 aliphatic rings. The van der Waals surface area contributed by atoms with Gasteiger partial charge in [0.2, 0.25) is 65.0 Å². The van der Waals surface area contributed by atoms with Crippen LogP contribution in [0.5, 0.6) is 0 Å². The molecule has 570 valence electrons. The zero-order valence-corrected chi connectivity index (χ0v) is 62.7. The molecule has 0 bridgehead atoms. The molecular weight excluding hydrogens is 1330 g/mol. The summed E-state index contributed by atoms with van der Waals surface area (Å²) in [5.74, 6) is -8.06. The zero-order chi connectivity index (χ0) is 73.6. The molecule has 3 N–H and O–H groups in total. The lowest BCUT2D eigenvalue weighted by atomic mass is 9.78. The predicted molar refractivity (Wildman–Crippen MR) is 377 cm³/mol. The first-order valence-electron chi connectivity index (χ1n) is 38.4. The van der Waals surface area contributed by atoms with Crippen LogP contribution in [0.4, 0.5) is 13.2 Å². The quantitative estimate of drug-likeness (QED) is 0.175. The molecule has 5 saturated carbocycles. The van der Waals surface area contributed by atoms with Crippen molar-refractivity contribution in [3.05, 3.63) is 0 Å². The molecule has 8 rings (SSSR count). The summed E-state index contributed by atoms with van der Waals surface area (Å²) in [7, 11) is 10.9. The van der Waals surface area contributed by atoms with Crippen LogP contribution in [0.25, 0.3) is 0 Å². The maximum absolute atomic E-state index is 15.9. The van der Waals surface area contributed by atoms with E-state index < -0.39 is 137 Å². The Bertz CT molecular complexity index is 2880. The second-order valence-electron chi connectivity index (χ2n) is 31.8. The number of likely N-dealkylation sites (N-methyl/N-ethyl adjacent to an activating group) is 7. The normalized spacial score (nSPS) is 30.9. The topological polar surface area (TPSA) is 253 Å². The van der Waals surface area contributed by atoms with Crippen LogP contribution in [-0.2, 0) is 52.7 Å². The molecule has 0 radical (unpaired) electrons. The lowest BCUT2D eigenvalue weighted by molar-refractivity contribution is -0.182. The standard InChI is InChI=1S/C74H120ClF3N12O11/c1-10-48(2)56-44-82(3)46-63(93)83(4)47-64(94)86(7)59(42-49-24-14-11-15-25-49)69(98)84(5)45-61(91)79-55(34-32-51-31-33-53(54(75)40-51)74(76,77)78)68(97)90-39-23-30-57(90)67(96)81-73(35-18-19-36-73)72(101)88(9)65(52-28-16-12-17-29-52)71(100)87(8)60(70(99)89-37-20-13-21-38-89)43-62(92)85(6)58(66(95)80-56)41-50-26-22-27-50/h48-60,65H,10-47H2,1-9H3,(H,79,91)(H,80,95)(H,81,96)/t48-,51?,53?,54?,55-,56+,57-,58-,59-,60-,65-/m0/s1. The fourth-order valence-electron chi connectivity index (χ4n) is 17.5. The van der Waals surface area contributed by atoms with Crippen molar-refractivity contribution < 1.29 is 65.9 Å². The van der Waals surface area contributed by atoms with Gasteiger partial charge < -0.3 is 55.1 Å². The summed E-state index contributed by atoms with van der Waals surface area (Å²) >= 11 is 6.42. The van der Waals surface area contributed by atoms with Gasteiger partial charge in [-0.1, -0.05) is 104 Å². The number of halogens is 4. The number of nitrogens with zero attached hydrogens (tertiary/aromatic N) is 9. The molecule has 3 aliphatic heterocycles. The first-order chi connectivity index (χ1) is 47.9. The summed E-state index contributed by atoms with van der Waals surface area (Å²) in [6, 6.07) is -7.38. The fourth-order valence-corrected chi connectivity index (χ4v) is 18.1. The van der Waals surface area contributed by atoms with Crippen molar-refractivity contribution in [2.24, 2.45) is 35.5 Å². The number of rotatable bonds is 11. The third-order valence-electron chi connectivity index (χ3n) is 24.6. The van der Waals surface area contributed by atoms with Crippen molar-refractivity contribution in [1.82, 2.24) is 60.0 Å². The van der Waals surface area contributed by atoms with E-state index in [-0.39, 0.29) is 119 Å². The van der Waals surface area contributed by atoms with Gasteiger partial charge in [0.1, 0.15) is 41.8 Å². The smallest absolute Gasteiger partial charge is 0.350 e. The summed E-state index contributed by atoms with van der Waals surface area (Å²) in [5, 5.41) is 8.06. The van der Waals surface area contributed by atoms with Gasteiger partial charge in [0, 0.05) is 79.9 Å². The molecule has 0 aromatic heterocycles. The van der Waals surface area contributed by atoms with Crippen LogP contribution in [0.2, 0.25) is 0 Å². The second-order valence-corrected chi connectivity index (χ2v) is 32.3. The first-order valence-corrected chi connectivity index (χ1v) is 38.8. The Morgan fingerprint density at radius 2 is 1.18 bits per heavy atom. The van der Waals surface area contributed by atoms with Crippen molar-refractivity contribution in [1.29, 1.82) is 0 Å². The molecule has 0 aromatic carbocycles. The average molecular weight is 1450 g/mol. The first kappa shape index (κ1) is 80.9. The van der Waals surface area contributed by atoms with Crippen LogP contribution in [0.15, 0.2) is 0 Å². The molecule has 5 aliphatic carbocycles. The highest BCUT2D eigenvalue weighted by molar-refractivity contribution is 6.20. The van der Waals surface area contributed by atoms with E-state index in [2.05, 4.69) is 16.0 Å². The molecule has 11 atom stereocenters. The number of nitrogens with one attached hydrogen (secondary N) is 3. The van der Waals surface area contributed by atoms with Crippen molar-refractivity contribution in [3.63, 3.8) is 0 Å². The number of amides is 11. The number of carbonyl (C=O) groups is 11. The van der Waals surface area contributed by atoms with Gasteiger partial charge >= 0.3 is 6.18 Å². The molecule has 0 aromatic rings. The van der Waals surface area contributed by atoms with Crippen LogP contribution in [0.1, 0.15) is 213 Å². The van der Waals surface area contributed by atoms with Gasteiger partial charge in [0.25, 0.3) is 0 Å². The fraction of sp³-hybridized carbons (Fsp3) is 0.851. The Morgan fingerprint density at radius 3 is 1.78 bits per heavy atom. The minimum atomic E-state index is -4.49. The highest BCUT2D eigenvalue weighted by Gasteiger charge is 2.52. The van der Waals surface area contributed by atoms with Crippen molar-refractivity contribution in [2.75, 3.05) is 95.1 Å². The van der Waals surface area contributed by atoms with E-state index in [1.165, 1.54) is 62.5 Å². The van der Waals surface area contributed by atoms with Gasteiger partial charge in [0.05, 0.1) is 32.0 Å². The minimum absolute atomic E-state index is 0.0191. The van der Waals surface area contributed by atoms with Gasteiger partial charge in [-0.15, -0.1) is 11.6 Å². The second kappa shape index (κ2) is 36.8. The Kier molecular flexibility index (Phi) is 29.4. The van der Waals surface area contributed by atoms with Gasteiger partial charge in [-0.2, -0.15) is 13.2 Å². The molecule has 23 nitrogen and oxygen atoms in total. The van der Waals surface area contributed by atoms with E-state index >= 15 is 33.6 Å². The van der Waals surface area contributed by atoms with E-state index in [1.807, 2.05) is 13.8 Å². The van der Waals surface area contributed by atoms with Gasteiger partial charge in [-0.25, -0.2) is 0 Å². The van der Waals surface area contributed by atoms with Crippen LogP contribution in [0, 0.1) is 35.5 Å². The molecule has 27 heteroatoms. The van der Waals surface area contributed by atoms with Crippen molar-refractivity contribution >= 4 is 76.6 Å². The third-order valence-corrected chi connectivity index (χ3v) is 25.1. The molecular formula is C74H120ClF3N12O11. The molecule has 3 unspecified atom stereocenters. The van der Waals surface area contributed by atoms with E-state index in [0.29, 0.717) is 58.0 Å². The molecule has 8 fully saturated rings. The highest BCUT2D eigenvalue weighted by Crippen LogP contribution is 2.44. The number of carbonyl (C=O) groups excluding carboxylic acids is 11. The molecule has 11 amide bonds.